The van der Waals surface area contributed by atoms with E-state index in [0.717, 1.165) is 18.4 Å². The molecule has 1 aromatic carbocycles. The van der Waals surface area contributed by atoms with Gasteiger partial charge in [0, 0.05) is 19.8 Å². The molecule has 0 aromatic heterocycles. The first-order valence-electron chi connectivity index (χ1n) is 5.09. The molecular weight excluding hydrogens is 231 g/mol. The second-order valence-electron chi connectivity index (χ2n) is 3.53. The van der Waals surface area contributed by atoms with Crippen molar-refractivity contribution in [3.63, 3.8) is 0 Å². The Morgan fingerprint density at radius 3 is 2.88 bits per heavy atom. The van der Waals surface area contributed by atoms with Gasteiger partial charge in [0.2, 0.25) is 0 Å². The summed E-state index contributed by atoms with van der Waals surface area (Å²) in [7, 11) is 1.65. The van der Waals surface area contributed by atoms with Gasteiger partial charge in [-0.15, -0.1) is 0 Å². The number of hydrazine groups is 1. The maximum Gasteiger partial charge on any atom is 0.141 e. The van der Waals surface area contributed by atoms with Gasteiger partial charge in [-0.3, -0.25) is 11.3 Å². The molecule has 1 aromatic rings. The van der Waals surface area contributed by atoms with E-state index in [4.69, 9.17) is 22.2 Å². The molecule has 0 fully saturated rings. The molecule has 0 saturated heterocycles. The number of nitrogens with two attached hydrogens (primary N) is 1. The highest BCUT2D eigenvalue weighted by Gasteiger charge is 2.11. The molecule has 0 aliphatic rings. The zero-order valence-electron chi connectivity index (χ0n) is 9.17. The van der Waals surface area contributed by atoms with Crippen LogP contribution in [-0.4, -0.2) is 13.7 Å². The van der Waals surface area contributed by atoms with E-state index in [2.05, 4.69) is 5.43 Å². The molecule has 0 aliphatic heterocycles. The zero-order chi connectivity index (χ0) is 12.0. The topological polar surface area (TPSA) is 47.3 Å². The summed E-state index contributed by atoms with van der Waals surface area (Å²) in [6, 6.07) is 4.58. The van der Waals surface area contributed by atoms with E-state index < -0.39 is 5.82 Å². The number of hydrogen-bond acceptors (Lipinski definition) is 3. The van der Waals surface area contributed by atoms with Crippen LogP contribution in [0.3, 0.4) is 0 Å². The van der Waals surface area contributed by atoms with E-state index in [-0.39, 0.29) is 11.1 Å². The van der Waals surface area contributed by atoms with E-state index in [1.165, 1.54) is 6.07 Å². The molecule has 3 N–H and O–H groups in total. The minimum absolute atomic E-state index is 0.0340. The molecule has 0 saturated carbocycles. The molecule has 0 radical (unpaired) electrons. The number of hydrogen-bond donors (Lipinski definition) is 2. The molecular formula is C11H16ClFN2O. The zero-order valence-corrected chi connectivity index (χ0v) is 9.93. The van der Waals surface area contributed by atoms with Gasteiger partial charge >= 0.3 is 0 Å². The van der Waals surface area contributed by atoms with Crippen LogP contribution in [0, 0.1) is 5.82 Å². The summed E-state index contributed by atoms with van der Waals surface area (Å²) in [5.74, 6) is 5.03. The lowest BCUT2D eigenvalue weighted by atomic mass is 10.0. The van der Waals surface area contributed by atoms with Gasteiger partial charge in [0.15, 0.2) is 0 Å². The van der Waals surface area contributed by atoms with Crippen molar-refractivity contribution in [1.82, 2.24) is 5.43 Å². The standard InChI is InChI=1S/C11H16ClFN2O/c1-16-6-2-3-11(15-14)8-4-5-10(13)9(12)7-8/h4-5,7,11,15H,2-3,6,14H2,1H3. The second kappa shape index (κ2) is 6.81. The van der Waals surface area contributed by atoms with Crippen LogP contribution in [0.2, 0.25) is 5.02 Å². The highest BCUT2D eigenvalue weighted by atomic mass is 35.5. The summed E-state index contributed by atoms with van der Waals surface area (Å²) >= 11 is 5.71. The van der Waals surface area contributed by atoms with Crippen LogP contribution in [0.1, 0.15) is 24.4 Å². The molecule has 0 spiro atoms. The average molecular weight is 247 g/mol. The molecule has 0 bridgehead atoms. The monoisotopic (exact) mass is 246 g/mol. The fraction of sp³-hybridized carbons (Fsp3) is 0.455. The van der Waals surface area contributed by atoms with Gasteiger partial charge in [-0.2, -0.15) is 0 Å². The van der Waals surface area contributed by atoms with Crippen LogP contribution >= 0.6 is 11.6 Å². The van der Waals surface area contributed by atoms with Gasteiger partial charge in [-0.1, -0.05) is 17.7 Å². The number of rotatable bonds is 6. The van der Waals surface area contributed by atoms with E-state index in [1.807, 2.05) is 0 Å². The van der Waals surface area contributed by atoms with Gasteiger partial charge in [-0.05, 0) is 30.5 Å². The van der Waals surface area contributed by atoms with Gasteiger partial charge in [-0.25, -0.2) is 4.39 Å². The van der Waals surface area contributed by atoms with Crippen molar-refractivity contribution in [2.75, 3.05) is 13.7 Å². The first-order chi connectivity index (χ1) is 7.69. The summed E-state index contributed by atoms with van der Waals surface area (Å²) in [5, 5.41) is 0.115. The molecule has 1 rings (SSSR count). The summed E-state index contributed by atoms with van der Waals surface area (Å²) in [4.78, 5) is 0. The molecule has 1 atom stereocenters. The predicted octanol–water partition coefficient (Wildman–Crippen LogP) is 2.41. The third kappa shape index (κ3) is 3.72. The fourth-order valence-electron chi connectivity index (χ4n) is 1.51. The van der Waals surface area contributed by atoms with E-state index >= 15 is 0 Å². The molecule has 3 nitrogen and oxygen atoms in total. The number of nitrogens with one attached hydrogen (secondary N) is 1. The van der Waals surface area contributed by atoms with Crippen molar-refractivity contribution >= 4 is 11.6 Å². The van der Waals surface area contributed by atoms with E-state index in [9.17, 15) is 4.39 Å². The lowest BCUT2D eigenvalue weighted by molar-refractivity contribution is 0.189. The third-order valence-electron chi connectivity index (χ3n) is 2.39. The molecule has 1 unspecified atom stereocenters. The maximum atomic E-state index is 13.0. The van der Waals surface area contributed by atoms with Crippen molar-refractivity contribution in [2.24, 2.45) is 5.84 Å². The predicted molar refractivity (Wildman–Crippen MR) is 62.6 cm³/mol. The second-order valence-corrected chi connectivity index (χ2v) is 3.94. The fourth-order valence-corrected chi connectivity index (χ4v) is 1.70. The Kier molecular flexibility index (Phi) is 5.69. The molecule has 0 amide bonds. The van der Waals surface area contributed by atoms with Crippen LogP contribution in [0.5, 0.6) is 0 Å². The molecule has 90 valence electrons. The Labute approximate surface area is 99.7 Å². The Morgan fingerprint density at radius 2 is 2.31 bits per heavy atom. The van der Waals surface area contributed by atoms with Crippen LogP contribution < -0.4 is 11.3 Å². The number of ether oxygens (including phenoxy) is 1. The lowest BCUT2D eigenvalue weighted by Gasteiger charge is -2.16. The van der Waals surface area contributed by atoms with Gasteiger partial charge in [0.25, 0.3) is 0 Å². The van der Waals surface area contributed by atoms with Crippen molar-refractivity contribution in [2.45, 2.75) is 18.9 Å². The number of methoxy groups -OCH3 is 1. The molecule has 5 heteroatoms. The highest BCUT2D eigenvalue weighted by Crippen LogP contribution is 2.23. The van der Waals surface area contributed by atoms with Gasteiger partial charge in [0.05, 0.1) is 5.02 Å². The minimum Gasteiger partial charge on any atom is -0.385 e. The Morgan fingerprint density at radius 1 is 1.56 bits per heavy atom. The summed E-state index contributed by atoms with van der Waals surface area (Å²) in [6.45, 7) is 0.674. The van der Waals surface area contributed by atoms with Gasteiger partial charge < -0.3 is 4.74 Å². The smallest absolute Gasteiger partial charge is 0.141 e. The first kappa shape index (κ1) is 13.4. The Bertz CT molecular complexity index is 336. The summed E-state index contributed by atoms with van der Waals surface area (Å²) < 4.78 is 17.9. The third-order valence-corrected chi connectivity index (χ3v) is 2.68. The van der Waals surface area contributed by atoms with Crippen molar-refractivity contribution in [1.29, 1.82) is 0 Å². The molecule has 0 heterocycles. The summed E-state index contributed by atoms with van der Waals surface area (Å²) in [6.07, 6.45) is 1.69. The quantitative estimate of drug-likeness (QED) is 0.460. The average Bonchev–Trinajstić information content (AvgIpc) is 2.29. The van der Waals surface area contributed by atoms with Crippen molar-refractivity contribution in [3.05, 3.63) is 34.6 Å². The molecule has 16 heavy (non-hydrogen) atoms. The number of benzene rings is 1. The van der Waals surface area contributed by atoms with Crippen molar-refractivity contribution in [3.8, 4) is 0 Å². The minimum atomic E-state index is -0.418. The van der Waals surface area contributed by atoms with E-state index in [0.29, 0.717) is 6.61 Å². The van der Waals surface area contributed by atoms with Crippen LogP contribution in [0.25, 0.3) is 0 Å². The van der Waals surface area contributed by atoms with Gasteiger partial charge in [0.1, 0.15) is 5.82 Å². The SMILES string of the molecule is COCCCC(NN)c1ccc(F)c(Cl)c1. The van der Waals surface area contributed by atoms with E-state index in [1.54, 1.807) is 19.2 Å². The van der Waals surface area contributed by atoms with Crippen LogP contribution in [0.15, 0.2) is 18.2 Å². The lowest BCUT2D eigenvalue weighted by Crippen LogP contribution is -2.28. The Balaban J connectivity index is 2.67. The highest BCUT2D eigenvalue weighted by molar-refractivity contribution is 6.30. The largest absolute Gasteiger partial charge is 0.385 e. The van der Waals surface area contributed by atoms with Crippen molar-refractivity contribution < 1.29 is 9.13 Å². The first-order valence-corrected chi connectivity index (χ1v) is 5.47. The van der Waals surface area contributed by atoms with Crippen LogP contribution in [0.4, 0.5) is 4.39 Å². The Hall–Kier alpha value is -0.680. The molecule has 0 aliphatic carbocycles. The summed E-state index contributed by atoms with van der Waals surface area (Å²) in [5.41, 5.74) is 3.57. The maximum absolute atomic E-state index is 13.0. The van der Waals surface area contributed by atoms with Crippen LogP contribution in [-0.2, 0) is 4.74 Å². The number of halogens is 2. The normalized spacial score (nSPS) is 12.8.